The zero-order valence-corrected chi connectivity index (χ0v) is 11.4. The average Bonchev–Trinajstić information content (AvgIpc) is 2.16. The van der Waals surface area contributed by atoms with E-state index in [2.05, 4.69) is 10.3 Å². The number of nitrogens with one attached hydrogen (secondary N) is 1. The smallest absolute Gasteiger partial charge is 0.423 e. The number of allylic oxidation sites excluding steroid dienone is 2. The van der Waals surface area contributed by atoms with Crippen LogP contribution in [0, 0.1) is 5.39 Å². The molecule has 0 saturated carbocycles. The lowest BCUT2D eigenvalue weighted by Gasteiger charge is -2.13. The van der Waals surface area contributed by atoms with E-state index in [1.807, 2.05) is 0 Å². The van der Waals surface area contributed by atoms with Crippen LogP contribution < -0.4 is 5.32 Å². The molecule has 1 amide bonds. The molecule has 94 valence electrons. The fraction of sp³-hybridized carbons (Fsp3) is 0.444. The number of aliphatic hydroxyl groups is 1. The topological polar surface area (TPSA) is 77.5 Å². The number of diazo groups is 1. The molecule has 0 bridgehead atoms. The number of alkyl halides is 3. The van der Waals surface area contributed by atoms with Crippen molar-refractivity contribution in [2.24, 2.45) is 0 Å². The van der Waals surface area contributed by atoms with Crippen molar-refractivity contribution < 1.29 is 9.90 Å². The molecule has 1 unspecified atom stereocenters. The molecule has 8 heteroatoms. The predicted octanol–water partition coefficient (Wildman–Crippen LogP) is 3.06. The Hall–Kier alpha value is -0.960. The van der Waals surface area contributed by atoms with Gasteiger partial charge in [0.05, 0.1) is 0 Å². The van der Waals surface area contributed by atoms with Crippen LogP contribution in [0.5, 0.6) is 0 Å². The third kappa shape index (κ3) is 5.26. The summed E-state index contributed by atoms with van der Waals surface area (Å²) in [7, 11) is 0. The minimum Gasteiger partial charge on any atom is -0.505 e. The van der Waals surface area contributed by atoms with Crippen LogP contribution in [0.4, 0.5) is 0 Å². The van der Waals surface area contributed by atoms with Gasteiger partial charge in [-0.3, -0.25) is 4.79 Å². The minimum atomic E-state index is -2.14. The van der Waals surface area contributed by atoms with E-state index in [-0.39, 0.29) is 11.5 Å². The summed E-state index contributed by atoms with van der Waals surface area (Å²) < 4.78 is -2.14. The Morgan fingerprint density at radius 3 is 2.35 bits per heavy atom. The van der Waals surface area contributed by atoms with Gasteiger partial charge in [-0.05, 0) is 6.92 Å². The van der Waals surface area contributed by atoms with Crippen molar-refractivity contribution in [2.75, 3.05) is 0 Å². The van der Waals surface area contributed by atoms with Crippen LogP contribution in [-0.4, -0.2) is 20.8 Å². The van der Waals surface area contributed by atoms with Gasteiger partial charge in [0.1, 0.15) is 0 Å². The molecule has 5 nitrogen and oxygen atoms in total. The quantitative estimate of drug-likeness (QED) is 0.364. The molecule has 17 heavy (non-hydrogen) atoms. The molecular formula is C9H11Cl3N3O2+. The highest BCUT2D eigenvalue weighted by Crippen LogP contribution is 2.26. The standard InChI is InChI=1S/C9H10Cl3N3O2/c1-3-4-6(7(15-13)5(2)16)14-8(17)9(10,11)12/h3-4,6H,1-2H3,(H-,14,16,17)/p+1/b4-3+,7-5+. The van der Waals surface area contributed by atoms with Gasteiger partial charge < -0.3 is 10.4 Å². The molecule has 1 atom stereocenters. The third-order valence-electron chi connectivity index (χ3n) is 1.70. The predicted molar refractivity (Wildman–Crippen MR) is 67.4 cm³/mol. The van der Waals surface area contributed by atoms with Crippen molar-refractivity contribution in [2.45, 2.75) is 23.7 Å². The van der Waals surface area contributed by atoms with Gasteiger partial charge in [0.15, 0.2) is 16.8 Å². The molecule has 0 aromatic heterocycles. The molecule has 0 radical (unpaired) electrons. The van der Waals surface area contributed by atoms with Crippen LogP contribution in [0.15, 0.2) is 23.6 Å². The average molecular weight is 300 g/mol. The van der Waals surface area contributed by atoms with Crippen LogP contribution in [-0.2, 0) is 4.79 Å². The lowest BCUT2D eigenvalue weighted by molar-refractivity contribution is -0.120. The Balaban J connectivity index is 5.11. The maximum atomic E-state index is 11.4. The maximum absolute atomic E-state index is 11.4. The molecule has 0 fully saturated rings. The van der Waals surface area contributed by atoms with Gasteiger partial charge in [-0.15, -0.1) is 0 Å². The first-order chi connectivity index (χ1) is 7.73. The monoisotopic (exact) mass is 298 g/mol. The SMILES string of the molecule is C/C=C/C(NC(=O)C(Cl)(Cl)Cl)/C([N+]#N)=C(/C)O. The number of nitrogens with zero attached hydrogens (tertiary/aromatic N) is 2. The van der Waals surface area contributed by atoms with E-state index in [0.29, 0.717) is 0 Å². The second-order valence-corrected chi connectivity index (χ2v) is 5.33. The summed E-state index contributed by atoms with van der Waals surface area (Å²) in [6.45, 7) is 2.98. The molecular weight excluding hydrogens is 288 g/mol. The van der Waals surface area contributed by atoms with E-state index >= 15 is 0 Å². The van der Waals surface area contributed by atoms with Crippen LogP contribution in [0.3, 0.4) is 0 Å². The van der Waals surface area contributed by atoms with E-state index in [4.69, 9.17) is 40.2 Å². The van der Waals surface area contributed by atoms with E-state index in [1.54, 1.807) is 13.0 Å². The highest BCUT2D eigenvalue weighted by atomic mass is 35.6. The van der Waals surface area contributed by atoms with Gasteiger partial charge in [-0.1, -0.05) is 47.0 Å². The third-order valence-corrected chi connectivity index (χ3v) is 2.22. The van der Waals surface area contributed by atoms with Crippen LogP contribution in [0.25, 0.3) is 4.98 Å². The van der Waals surface area contributed by atoms with Gasteiger partial charge in [0.2, 0.25) is 5.39 Å². The molecule has 0 aliphatic heterocycles. The number of hydrogen-bond donors (Lipinski definition) is 2. The fourth-order valence-electron chi connectivity index (χ4n) is 0.983. The molecule has 0 saturated heterocycles. The normalized spacial score (nSPS) is 15.1. The number of carbonyl (C=O) groups is 1. The first kappa shape index (κ1) is 16.0. The van der Waals surface area contributed by atoms with Gasteiger partial charge in [-0.2, -0.15) is 0 Å². The molecule has 0 aromatic rings. The fourth-order valence-corrected chi connectivity index (χ4v) is 1.15. The Kier molecular flexibility index (Phi) is 6.32. The van der Waals surface area contributed by atoms with Crippen molar-refractivity contribution in [1.82, 2.24) is 5.32 Å². The van der Waals surface area contributed by atoms with E-state index in [1.165, 1.54) is 13.0 Å². The Morgan fingerprint density at radius 2 is 2.06 bits per heavy atom. The summed E-state index contributed by atoms with van der Waals surface area (Å²) >= 11 is 16.1. The Bertz CT molecular complexity index is 389. The summed E-state index contributed by atoms with van der Waals surface area (Å²) in [4.78, 5) is 14.3. The van der Waals surface area contributed by atoms with Crippen LogP contribution in [0.1, 0.15) is 13.8 Å². The van der Waals surface area contributed by atoms with Crippen molar-refractivity contribution in [3.8, 4) is 0 Å². The highest BCUT2D eigenvalue weighted by Gasteiger charge is 2.36. The number of amides is 1. The van der Waals surface area contributed by atoms with Gasteiger partial charge in [0, 0.05) is 6.92 Å². The lowest BCUT2D eigenvalue weighted by Crippen LogP contribution is -2.41. The van der Waals surface area contributed by atoms with Gasteiger partial charge >= 0.3 is 5.70 Å². The molecule has 0 heterocycles. The van der Waals surface area contributed by atoms with Crippen molar-refractivity contribution in [3.63, 3.8) is 0 Å². The maximum Gasteiger partial charge on any atom is 0.423 e. The van der Waals surface area contributed by atoms with E-state index in [9.17, 15) is 9.90 Å². The number of carbonyl (C=O) groups excluding carboxylic acids is 1. The van der Waals surface area contributed by atoms with Crippen molar-refractivity contribution in [1.29, 1.82) is 5.39 Å². The Morgan fingerprint density at radius 1 is 1.53 bits per heavy atom. The van der Waals surface area contributed by atoms with E-state index < -0.39 is 15.7 Å². The second-order valence-electron chi connectivity index (χ2n) is 3.05. The van der Waals surface area contributed by atoms with Crippen molar-refractivity contribution in [3.05, 3.63) is 28.6 Å². The minimum absolute atomic E-state index is 0.147. The summed E-state index contributed by atoms with van der Waals surface area (Å²) in [5.41, 5.74) is -0.147. The van der Waals surface area contributed by atoms with Crippen LogP contribution >= 0.6 is 34.8 Å². The molecule has 0 spiro atoms. The number of hydrogen-bond acceptors (Lipinski definition) is 3. The van der Waals surface area contributed by atoms with Gasteiger partial charge in [0.25, 0.3) is 9.70 Å². The first-order valence-electron chi connectivity index (χ1n) is 4.49. The van der Waals surface area contributed by atoms with E-state index in [0.717, 1.165) is 0 Å². The van der Waals surface area contributed by atoms with Gasteiger partial charge in [-0.25, -0.2) is 0 Å². The first-order valence-corrected chi connectivity index (χ1v) is 5.62. The number of halogens is 3. The lowest BCUT2D eigenvalue weighted by atomic mass is 10.1. The highest BCUT2D eigenvalue weighted by molar-refractivity contribution is 6.76. The summed E-state index contributed by atoms with van der Waals surface area (Å²) in [6, 6.07) is -0.891. The molecule has 2 N–H and O–H groups in total. The molecule has 0 aliphatic carbocycles. The zero-order valence-electron chi connectivity index (χ0n) is 9.12. The van der Waals surface area contributed by atoms with Crippen LogP contribution in [0.2, 0.25) is 0 Å². The largest absolute Gasteiger partial charge is 0.505 e. The summed E-state index contributed by atoms with van der Waals surface area (Å²) in [5, 5.41) is 20.3. The number of rotatable bonds is 3. The van der Waals surface area contributed by atoms with Crippen molar-refractivity contribution >= 4 is 40.7 Å². The second kappa shape index (κ2) is 6.70. The molecule has 0 rings (SSSR count). The molecule has 0 aromatic carbocycles. The summed E-state index contributed by atoms with van der Waals surface area (Å²) in [5.74, 6) is -1.16. The molecule has 0 aliphatic rings. The zero-order chi connectivity index (χ0) is 13.6. The summed E-state index contributed by atoms with van der Waals surface area (Å²) in [6.07, 6.45) is 3.04. The Labute approximate surface area is 114 Å². The number of aliphatic hydroxyl groups excluding tert-OH is 1.